The summed E-state index contributed by atoms with van der Waals surface area (Å²) >= 11 is 0. The van der Waals surface area contributed by atoms with Crippen LogP contribution in [-0.4, -0.2) is 11.8 Å². The van der Waals surface area contributed by atoms with Gasteiger partial charge in [0.05, 0.1) is 0 Å². The highest BCUT2D eigenvalue weighted by molar-refractivity contribution is 5.98. The van der Waals surface area contributed by atoms with E-state index < -0.39 is 35.9 Å². The number of piperidine rings is 1. The molecule has 1 rings (SSSR count). The molecule has 0 aromatic rings. The fourth-order valence-electron chi connectivity index (χ4n) is 0.921. The van der Waals surface area contributed by atoms with Crippen molar-refractivity contribution in [2.24, 2.45) is 11.3 Å². The first-order chi connectivity index (χ1) is 7.39. The molecule has 1 saturated heterocycles. The van der Waals surface area contributed by atoms with Gasteiger partial charge in [0, 0.05) is 17.8 Å². The van der Waals surface area contributed by atoms with E-state index in [2.05, 4.69) is 0 Å². The predicted octanol–water partition coefficient (Wildman–Crippen LogP) is 1.09. The number of hydrogen-bond acceptors (Lipinski definition) is 2. The molecule has 1 fully saturated rings. The first kappa shape index (κ1) is 4.40. The van der Waals surface area contributed by atoms with Crippen LogP contribution in [0.25, 0.3) is 0 Å². The number of rotatable bonds is 0. The second kappa shape index (κ2) is 2.88. The summed E-state index contributed by atoms with van der Waals surface area (Å²) < 4.78 is 38.3. The molecule has 2 amide bonds. The molecule has 1 aliphatic rings. The van der Waals surface area contributed by atoms with Crippen LogP contribution in [0, 0.1) is 11.3 Å². The maximum absolute atomic E-state index is 11.9. The van der Waals surface area contributed by atoms with Gasteiger partial charge in [-0.05, 0) is 11.8 Å². The van der Waals surface area contributed by atoms with E-state index in [9.17, 15) is 9.59 Å². The van der Waals surface area contributed by atoms with Crippen LogP contribution in [0.15, 0.2) is 0 Å². The predicted molar refractivity (Wildman–Crippen MR) is 45.3 cm³/mol. The molecule has 0 radical (unpaired) electrons. The molecule has 0 saturated carbocycles. The molecule has 0 spiro atoms. The van der Waals surface area contributed by atoms with Crippen LogP contribution in [-0.2, 0) is 9.59 Å². The topological polar surface area (TPSA) is 46.2 Å². The molecular weight excluding hydrogens is 154 g/mol. The van der Waals surface area contributed by atoms with E-state index in [-0.39, 0.29) is 5.31 Å². The van der Waals surface area contributed by atoms with E-state index in [1.54, 1.807) is 0 Å². The third-order valence-corrected chi connectivity index (χ3v) is 1.52. The maximum Gasteiger partial charge on any atom is 0.230 e. The summed E-state index contributed by atoms with van der Waals surface area (Å²) in [5.41, 5.74) is -1.13. The third-order valence-electron chi connectivity index (χ3n) is 1.52. The van der Waals surface area contributed by atoms with Crippen LogP contribution in [0.5, 0.6) is 0 Å². The zero-order valence-corrected chi connectivity index (χ0v) is 7.34. The smallest absolute Gasteiger partial charge is 0.230 e. The van der Waals surface area contributed by atoms with Crippen molar-refractivity contribution in [3.05, 3.63) is 0 Å². The van der Waals surface area contributed by atoms with Crippen molar-refractivity contribution in [3.63, 3.8) is 0 Å². The summed E-state index contributed by atoms with van der Waals surface area (Å²) in [5.74, 6) is -4.78. The van der Waals surface area contributed by atoms with E-state index in [1.807, 2.05) is 0 Å². The van der Waals surface area contributed by atoms with Gasteiger partial charge in [0.2, 0.25) is 11.8 Å². The average molecular weight is 174 g/mol. The number of carbonyl (C=O) groups excluding carboxylic acids is 2. The largest absolute Gasteiger partial charge is 0.296 e. The second-order valence-electron chi connectivity index (χ2n) is 3.67. The summed E-state index contributed by atoms with van der Waals surface area (Å²) in [6, 6.07) is 0. The van der Waals surface area contributed by atoms with Crippen molar-refractivity contribution in [2.75, 3.05) is 0 Å². The zero-order valence-electron chi connectivity index (χ0n) is 12.3. The highest BCUT2D eigenvalue weighted by Gasteiger charge is 2.35. The zero-order chi connectivity index (χ0) is 13.8. The third kappa shape index (κ3) is 1.84. The maximum atomic E-state index is 11.9. The van der Waals surface area contributed by atoms with Crippen molar-refractivity contribution in [3.8, 4) is 0 Å². The molecule has 1 N–H and O–H groups in total. The van der Waals surface area contributed by atoms with E-state index >= 15 is 0 Å². The van der Waals surface area contributed by atoms with Crippen molar-refractivity contribution >= 4 is 11.8 Å². The number of imide groups is 1. The fraction of sp³-hybridized carbons (Fsp3) is 0.778. The monoisotopic (exact) mass is 174 g/mol. The summed E-state index contributed by atoms with van der Waals surface area (Å²) in [6.07, 6.45) is -4.56. The summed E-state index contributed by atoms with van der Waals surface area (Å²) in [5, 5.41) is -0.0583. The molecule has 0 aromatic carbocycles. The molecule has 12 heavy (non-hydrogen) atoms. The normalized spacial score (nSPS) is 48.8. The van der Waals surface area contributed by atoms with Gasteiger partial charge in [-0.15, -0.1) is 0 Å². The first-order valence-electron chi connectivity index (χ1n) is 6.21. The van der Waals surface area contributed by atoms with Gasteiger partial charge in [-0.1, -0.05) is 20.8 Å². The Hall–Kier alpha value is -0.860. The Morgan fingerprint density at radius 3 is 2.75 bits per heavy atom. The average Bonchev–Trinajstić information content (AvgIpc) is 2.20. The highest BCUT2D eigenvalue weighted by atomic mass is 16.2. The number of amides is 2. The lowest BCUT2D eigenvalue weighted by Crippen LogP contribution is -2.45. The second-order valence-corrected chi connectivity index (χ2v) is 3.67. The molecule has 2 unspecified atom stereocenters. The molecule has 3 nitrogen and oxygen atoms in total. The molecule has 0 aromatic heterocycles. The Morgan fingerprint density at radius 1 is 1.67 bits per heavy atom. The van der Waals surface area contributed by atoms with Gasteiger partial charge in [-0.3, -0.25) is 14.9 Å². The standard InChI is InChI=1S/C9H15NO2/c1-9(2,3)6-4-5-7(11)10-8(6)12/h6H,4-5H2,1-3H3,(H,10,11,12)/i4D2,5D,6D/hD. The Labute approximate surface area is 79.6 Å². The Bertz CT molecular complexity index is 378. The Kier molecular flexibility index (Phi) is 1.06. The van der Waals surface area contributed by atoms with Crippen LogP contribution in [0.2, 0.25) is 1.41 Å². The molecule has 2 atom stereocenters. The lowest BCUT2D eigenvalue weighted by Gasteiger charge is -2.31. The van der Waals surface area contributed by atoms with Crippen LogP contribution in [0.4, 0.5) is 0 Å². The van der Waals surface area contributed by atoms with Crippen molar-refractivity contribution in [1.82, 2.24) is 5.31 Å². The van der Waals surface area contributed by atoms with Gasteiger partial charge in [-0.2, -0.15) is 0 Å². The molecule has 1 aliphatic heterocycles. The van der Waals surface area contributed by atoms with Crippen LogP contribution < -0.4 is 5.31 Å². The van der Waals surface area contributed by atoms with Crippen molar-refractivity contribution in [1.29, 1.82) is 0 Å². The summed E-state index contributed by atoms with van der Waals surface area (Å²) in [4.78, 5) is 23.2. The van der Waals surface area contributed by atoms with Gasteiger partial charge in [0.1, 0.15) is 0 Å². The minimum absolute atomic E-state index is 0.0583. The molecule has 0 bridgehead atoms. The number of nitrogens with one attached hydrogen (secondary N) is 1. The number of carbonyl (C=O) groups is 2. The van der Waals surface area contributed by atoms with E-state index in [0.717, 1.165) is 0 Å². The van der Waals surface area contributed by atoms with Gasteiger partial charge in [0.15, 0.2) is 1.41 Å². The van der Waals surface area contributed by atoms with Crippen LogP contribution in [0.1, 0.15) is 39.0 Å². The molecule has 0 aliphatic carbocycles. The Morgan fingerprint density at radius 2 is 2.25 bits per heavy atom. The number of hydrogen-bond donors (Lipinski definition) is 1. The van der Waals surface area contributed by atoms with E-state index in [0.29, 0.717) is 0 Å². The lowest BCUT2D eigenvalue weighted by molar-refractivity contribution is -0.139. The minimum Gasteiger partial charge on any atom is -0.296 e. The van der Waals surface area contributed by atoms with Crippen molar-refractivity contribution in [2.45, 2.75) is 33.5 Å². The van der Waals surface area contributed by atoms with Gasteiger partial charge in [0.25, 0.3) is 0 Å². The molecule has 3 heteroatoms. The van der Waals surface area contributed by atoms with Crippen LogP contribution >= 0.6 is 0 Å². The van der Waals surface area contributed by atoms with E-state index in [1.165, 1.54) is 20.8 Å². The first-order valence-corrected chi connectivity index (χ1v) is 3.68. The molecule has 1 heterocycles. The fourth-order valence-corrected chi connectivity index (χ4v) is 0.921. The summed E-state index contributed by atoms with van der Waals surface area (Å²) in [6.45, 7) is 4.43. The van der Waals surface area contributed by atoms with E-state index in [4.69, 9.17) is 6.89 Å². The Balaban J connectivity index is 3.47. The summed E-state index contributed by atoms with van der Waals surface area (Å²) in [7, 11) is 0. The van der Waals surface area contributed by atoms with Gasteiger partial charge in [-0.25, -0.2) is 0 Å². The SMILES string of the molecule is [2H]C1C(=O)N([2H])C(=O)C([2H])(C(C)(C)C)C1([2H])[2H]. The quantitative estimate of drug-likeness (QED) is 0.559. The van der Waals surface area contributed by atoms with Crippen LogP contribution in [0.3, 0.4) is 0 Å². The van der Waals surface area contributed by atoms with Crippen molar-refractivity contribution < 1.29 is 16.5 Å². The molecule has 68 valence electrons. The minimum atomic E-state index is -2.63. The highest BCUT2D eigenvalue weighted by Crippen LogP contribution is 2.31. The van der Waals surface area contributed by atoms with Gasteiger partial charge >= 0.3 is 0 Å². The van der Waals surface area contributed by atoms with Gasteiger partial charge < -0.3 is 0 Å². The molecular formula is C9H15NO2. The lowest BCUT2D eigenvalue weighted by atomic mass is 9.76.